The van der Waals surface area contributed by atoms with Crippen molar-refractivity contribution in [1.29, 1.82) is 0 Å². The van der Waals surface area contributed by atoms with Gasteiger partial charge in [-0.15, -0.1) is 0 Å². The van der Waals surface area contributed by atoms with Crippen molar-refractivity contribution in [3.05, 3.63) is 11.5 Å². The maximum Gasteiger partial charge on any atom is 0.256 e. The fourth-order valence-corrected chi connectivity index (χ4v) is 0.807. The van der Waals surface area contributed by atoms with Gasteiger partial charge in [-0.25, -0.2) is 0 Å². The van der Waals surface area contributed by atoms with E-state index in [0.29, 0.717) is 0 Å². The van der Waals surface area contributed by atoms with E-state index in [1.54, 1.807) is 0 Å². The number of aliphatic hydroxyl groups is 4. The molecule has 2 atom stereocenters. The molecule has 4 N–H and O–H groups in total. The predicted molar refractivity (Wildman–Crippen MR) is 35.3 cm³/mol. The van der Waals surface area contributed by atoms with Crippen LogP contribution in [-0.2, 0) is 9.53 Å². The third kappa shape index (κ3) is 1.27. The molecule has 2 unspecified atom stereocenters. The minimum Gasteiger partial charge on any atom is -0.506 e. The molecule has 6 nitrogen and oxygen atoms in total. The van der Waals surface area contributed by atoms with Crippen molar-refractivity contribution in [2.75, 3.05) is 6.61 Å². The van der Waals surface area contributed by atoms with Crippen LogP contribution < -0.4 is 0 Å². The maximum atomic E-state index is 10.7. The molecular formula is C6H8O6. The number of ketones is 1. The Hall–Kier alpha value is -1.11. The van der Waals surface area contributed by atoms with Crippen LogP contribution >= 0.6 is 0 Å². The summed E-state index contributed by atoms with van der Waals surface area (Å²) in [5, 5.41) is 35.1. The van der Waals surface area contributed by atoms with Crippen LogP contribution in [0.4, 0.5) is 0 Å². The van der Waals surface area contributed by atoms with E-state index >= 15 is 0 Å². The third-order valence-corrected chi connectivity index (χ3v) is 1.46. The van der Waals surface area contributed by atoms with Gasteiger partial charge in [0.05, 0.1) is 6.61 Å². The van der Waals surface area contributed by atoms with Gasteiger partial charge in [-0.3, -0.25) is 4.79 Å². The summed E-state index contributed by atoms with van der Waals surface area (Å²) in [7, 11) is 0. The van der Waals surface area contributed by atoms with E-state index in [1.165, 1.54) is 0 Å². The molecule has 12 heavy (non-hydrogen) atoms. The van der Waals surface area contributed by atoms with Crippen molar-refractivity contribution < 1.29 is 30.0 Å². The molecule has 0 aliphatic carbocycles. The predicted octanol–water partition coefficient (Wildman–Crippen LogP) is -1.41. The molecule has 0 aromatic rings. The second-order valence-corrected chi connectivity index (χ2v) is 2.26. The summed E-state index contributed by atoms with van der Waals surface area (Å²) in [4.78, 5) is 10.7. The molecule has 0 amide bonds. The molecule has 0 spiro atoms. The van der Waals surface area contributed by atoms with Crippen molar-refractivity contribution in [2.24, 2.45) is 0 Å². The number of carbonyl (C=O) groups is 1. The first kappa shape index (κ1) is 8.98. The Kier molecular flexibility index (Phi) is 2.32. The number of hydrogen-bond acceptors (Lipinski definition) is 6. The second-order valence-electron chi connectivity index (χ2n) is 2.26. The number of hydrogen-bond donors (Lipinski definition) is 4. The first-order valence-corrected chi connectivity index (χ1v) is 3.18. The SMILES string of the molecule is O=C1C(O)=C(O)C(CO)OC1O. The molecule has 1 aliphatic rings. The van der Waals surface area contributed by atoms with Crippen LogP contribution in [-0.4, -0.2) is 45.2 Å². The number of Topliss-reactive ketones (excluding diaryl/α,β-unsaturated/α-hetero) is 1. The highest BCUT2D eigenvalue weighted by Crippen LogP contribution is 2.17. The number of ether oxygens (including phenoxy) is 1. The van der Waals surface area contributed by atoms with Gasteiger partial charge in [0.15, 0.2) is 5.76 Å². The highest BCUT2D eigenvalue weighted by molar-refractivity contribution is 5.96. The number of carbonyl (C=O) groups excluding carboxylic acids is 1. The molecule has 0 radical (unpaired) electrons. The maximum absolute atomic E-state index is 10.7. The van der Waals surface area contributed by atoms with Gasteiger partial charge in [0, 0.05) is 0 Å². The summed E-state index contributed by atoms with van der Waals surface area (Å²) < 4.78 is 4.42. The lowest BCUT2D eigenvalue weighted by Crippen LogP contribution is -2.39. The number of rotatable bonds is 1. The third-order valence-electron chi connectivity index (χ3n) is 1.46. The van der Waals surface area contributed by atoms with Crippen LogP contribution in [0.3, 0.4) is 0 Å². The fourth-order valence-electron chi connectivity index (χ4n) is 0.807. The van der Waals surface area contributed by atoms with Crippen LogP contribution in [0, 0.1) is 0 Å². The molecule has 0 aromatic heterocycles. The summed E-state index contributed by atoms with van der Waals surface area (Å²) in [6.45, 7) is -0.625. The molecule has 6 heteroatoms. The van der Waals surface area contributed by atoms with Crippen molar-refractivity contribution in [3.63, 3.8) is 0 Å². The van der Waals surface area contributed by atoms with E-state index in [0.717, 1.165) is 0 Å². The molecule has 68 valence electrons. The van der Waals surface area contributed by atoms with Gasteiger partial charge in [0.1, 0.15) is 6.10 Å². The van der Waals surface area contributed by atoms with Gasteiger partial charge >= 0.3 is 0 Å². The lowest BCUT2D eigenvalue weighted by molar-refractivity contribution is -0.176. The molecule has 0 bridgehead atoms. The standard InChI is InChI=1S/C6H8O6/c7-1-2-3(8)4(9)5(10)6(11)12-2/h2,6-9,11H,1H2. The zero-order valence-electron chi connectivity index (χ0n) is 5.97. The average Bonchev–Trinajstić information content (AvgIpc) is 2.08. The zero-order valence-corrected chi connectivity index (χ0v) is 5.97. The minimum atomic E-state index is -1.82. The average molecular weight is 176 g/mol. The molecule has 1 aliphatic heterocycles. The summed E-state index contributed by atoms with van der Waals surface area (Å²) >= 11 is 0. The van der Waals surface area contributed by atoms with E-state index in [-0.39, 0.29) is 0 Å². The van der Waals surface area contributed by atoms with E-state index in [1.807, 2.05) is 0 Å². The van der Waals surface area contributed by atoms with Crippen molar-refractivity contribution in [2.45, 2.75) is 12.4 Å². The molecular weight excluding hydrogens is 168 g/mol. The van der Waals surface area contributed by atoms with Crippen molar-refractivity contribution in [1.82, 2.24) is 0 Å². The monoisotopic (exact) mass is 176 g/mol. The lowest BCUT2D eigenvalue weighted by Gasteiger charge is -2.23. The zero-order chi connectivity index (χ0) is 9.30. The molecule has 1 rings (SSSR count). The topological polar surface area (TPSA) is 107 Å². The highest BCUT2D eigenvalue weighted by Gasteiger charge is 2.35. The highest BCUT2D eigenvalue weighted by atomic mass is 16.6. The lowest BCUT2D eigenvalue weighted by atomic mass is 10.1. The summed E-state index contributed by atoms with van der Waals surface area (Å²) in [6, 6.07) is 0. The molecule has 0 fully saturated rings. The van der Waals surface area contributed by atoms with E-state index in [2.05, 4.69) is 4.74 Å². The Bertz CT molecular complexity index is 232. The summed E-state index contributed by atoms with van der Waals surface area (Å²) in [5.74, 6) is -2.84. The Labute approximate surface area is 67.3 Å². The molecule has 0 saturated heterocycles. The smallest absolute Gasteiger partial charge is 0.256 e. The summed E-state index contributed by atoms with van der Waals surface area (Å²) in [5.41, 5.74) is 0. The molecule has 1 heterocycles. The Balaban J connectivity index is 2.95. The van der Waals surface area contributed by atoms with E-state index in [9.17, 15) is 4.79 Å². The summed E-state index contributed by atoms with van der Waals surface area (Å²) in [6.07, 6.45) is -3.06. The largest absolute Gasteiger partial charge is 0.506 e. The Morgan fingerprint density at radius 2 is 2.00 bits per heavy atom. The van der Waals surface area contributed by atoms with E-state index in [4.69, 9.17) is 20.4 Å². The number of aliphatic hydroxyl groups excluding tert-OH is 4. The van der Waals surface area contributed by atoms with Gasteiger partial charge in [-0.05, 0) is 0 Å². The quantitative estimate of drug-likeness (QED) is 0.391. The van der Waals surface area contributed by atoms with Crippen LogP contribution in [0.25, 0.3) is 0 Å². The minimum absolute atomic E-state index is 0.625. The Morgan fingerprint density at radius 1 is 1.42 bits per heavy atom. The van der Waals surface area contributed by atoms with Crippen LogP contribution in [0.15, 0.2) is 11.5 Å². The Morgan fingerprint density at radius 3 is 2.50 bits per heavy atom. The van der Waals surface area contributed by atoms with Crippen molar-refractivity contribution in [3.8, 4) is 0 Å². The van der Waals surface area contributed by atoms with Gasteiger partial charge in [-0.2, -0.15) is 0 Å². The first-order chi connectivity index (χ1) is 5.57. The normalized spacial score (nSPS) is 31.0. The van der Waals surface area contributed by atoms with Crippen LogP contribution in [0.1, 0.15) is 0 Å². The van der Waals surface area contributed by atoms with Crippen LogP contribution in [0.2, 0.25) is 0 Å². The fraction of sp³-hybridized carbons (Fsp3) is 0.500. The van der Waals surface area contributed by atoms with Crippen LogP contribution in [0.5, 0.6) is 0 Å². The second kappa shape index (κ2) is 3.10. The molecule has 0 saturated carbocycles. The van der Waals surface area contributed by atoms with Gasteiger partial charge in [-0.1, -0.05) is 0 Å². The van der Waals surface area contributed by atoms with Gasteiger partial charge < -0.3 is 25.2 Å². The molecule has 0 aromatic carbocycles. The van der Waals surface area contributed by atoms with Crippen molar-refractivity contribution >= 4 is 5.78 Å². The van der Waals surface area contributed by atoms with E-state index < -0.39 is 36.3 Å². The van der Waals surface area contributed by atoms with Gasteiger partial charge in [0.25, 0.3) is 5.78 Å². The first-order valence-electron chi connectivity index (χ1n) is 3.18. The van der Waals surface area contributed by atoms with Gasteiger partial charge in [0.2, 0.25) is 12.0 Å².